The average Bonchev–Trinajstić information content (AvgIpc) is 2.67. The first-order chi connectivity index (χ1) is 14.0. The standard InChI is InChI=1S/C18H17ClF3N5O3/c1-17(6-13(18(20,21)22)27-16(23)30-17)11-5-10(8-25-15(11)29-2)26-14(28)12-4-3-9(19)7-24-12/h3-5,7-8,13H,6H2,1-2H3,(H2,23,27)(H,26,28)/t13-,17-/m0/s1. The third-order valence-corrected chi connectivity index (χ3v) is 4.63. The molecule has 0 spiro atoms. The Morgan fingerprint density at radius 2 is 2.10 bits per heavy atom. The van der Waals surface area contributed by atoms with Gasteiger partial charge in [-0.1, -0.05) is 11.6 Å². The van der Waals surface area contributed by atoms with Gasteiger partial charge >= 0.3 is 6.18 Å². The lowest BCUT2D eigenvalue weighted by atomic mass is 9.88. The van der Waals surface area contributed by atoms with Gasteiger partial charge in [0.05, 0.1) is 29.6 Å². The summed E-state index contributed by atoms with van der Waals surface area (Å²) in [6, 6.07) is 1.67. The normalized spacial score (nSPS) is 21.4. The second-order valence-corrected chi connectivity index (χ2v) is 7.09. The minimum absolute atomic E-state index is 0.0238. The molecule has 12 heteroatoms. The summed E-state index contributed by atoms with van der Waals surface area (Å²) in [6.07, 6.45) is -2.56. The molecule has 8 nitrogen and oxygen atoms in total. The minimum atomic E-state index is -4.61. The number of aromatic nitrogens is 2. The van der Waals surface area contributed by atoms with Gasteiger partial charge in [0.25, 0.3) is 11.9 Å². The third kappa shape index (κ3) is 4.56. The largest absolute Gasteiger partial charge is 0.481 e. The number of nitrogens with zero attached hydrogens (tertiary/aromatic N) is 3. The summed E-state index contributed by atoms with van der Waals surface area (Å²) in [4.78, 5) is 23.7. The number of amidine groups is 1. The van der Waals surface area contributed by atoms with Crippen LogP contribution in [0.1, 0.15) is 29.4 Å². The molecule has 0 aliphatic carbocycles. The van der Waals surface area contributed by atoms with Gasteiger partial charge in [0, 0.05) is 12.6 Å². The maximum atomic E-state index is 13.3. The number of methoxy groups -OCH3 is 1. The smallest absolute Gasteiger partial charge is 0.411 e. The molecule has 30 heavy (non-hydrogen) atoms. The van der Waals surface area contributed by atoms with E-state index in [1.165, 1.54) is 44.6 Å². The van der Waals surface area contributed by atoms with Crippen LogP contribution in [0.25, 0.3) is 0 Å². The molecule has 3 N–H and O–H groups in total. The van der Waals surface area contributed by atoms with E-state index in [4.69, 9.17) is 26.8 Å². The number of hydrogen-bond donors (Lipinski definition) is 2. The summed E-state index contributed by atoms with van der Waals surface area (Å²) >= 11 is 5.76. The van der Waals surface area contributed by atoms with Gasteiger partial charge in [-0.3, -0.25) is 4.79 Å². The molecule has 0 saturated carbocycles. The predicted molar refractivity (Wildman–Crippen MR) is 103 cm³/mol. The number of anilines is 1. The van der Waals surface area contributed by atoms with Gasteiger partial charge in [0.2, 0.25) is 5.88 Å². The van der Waals surface area contributed by atoms with Crippen molar-refractivity contribution in [3.8, 4) is 5.88 Å². The molecule has 0 saturated heterocycles. The number of ether oxygens (including phenoxy) is 2. The van der Waals surface area contributed by atoms with E-state index in [9.17, 15) is 18.0 Å². The zero-order valence-electron chi connectivity index (χ0n) is 15.8. The van der Waals surface area contributed by atoms with E-state index in [2.05, 4.69) is 20.3 Å². The molecular weight excluding hydrogens is 427 g/mol. The first-order valence-electron chi connectivity index (χ1n) is 8.58. The molecular formula is C18H17ClF3N5O3. The van der Waals surface area contributed by atoms with Gasteiger partial charge in [-0.2, -0.15) is 13.2 Å². The fraction of sp³-hybridized carbons (Fsp3) is 0.333. The van der Waals surface area contributed by atoms with Gasteiger partial charge in [-0.15, -0.1) is 0 Å². The SMILES string of the molecule is COc1ncc(NC(=O)c2ccc(Cl)cn2)cc1[C@]1(C)C[C@@H](C(F)(F)F)N=C(N)O1. The Balaban J connectivity index is 1.93. The Kier molecular flexibility index (Phi) is 5.75. The summed E-state index contributed by atoms with van der Waals surface area (Å²) in [6.45, 7) is 1.42. The summed E-state index contributed by atoms with van der Waals surface area (Å²) in [7, 11) is 1.31. The van der Waals surface area contributed by atoms with Gasteiger partial charge in [0.1, 0.15) is 11.3 Å². The lowest BCUT2D eigenvalue weighted by Crippen LogP contribution is -2.45. The second-order valence-electron chi connectivity index (χ2n) is 6.66. The first-order valence-corrected chi connectivity index (χ1v) is 8.96. The zero-order chi connectivity index (χ0) is 22.1. The zero-order valence-corrected chi connectivity index (χ0v) is 16.6. The van der Waals surface area contributed by atoms with Crippen molar-refractivity contribution in [2.75, 3.05) is 12.4 Å². The highest BCUT2D eigenvalue weighted by Crippen LogP contribution is 2.42. The molecule has 2 aromatic heterocycles. The molecule has 0 fully saturated rings. The maximum Gasteiger partial charge on any atom is 0.411 e. The van der Waals surface area contributed by atoms with Crippen molar-refractivity contribution >= 4 is 29.2 Å². The van der Waals surface area contributed by atoms with E-state index in [0.29, 0.717) is 5.02 Å². The van der Waals surface area contributed by atoms with Gasteiger partial charge in [-0.25, -0.2) is 15.0 Å². The second kappa shape index (κ2) is 7.98. The molecule has 0 bridgehead atoms. The van der Waals surface area contributed by atoms with Crippen molar-refractivity contribution < 1.29 is 27.4 Å². The third-order valence-electron chi connectivity index (χ3n) is 4.41. The van der Waals surface area contributed by atoms with Crippen molar-refractivity contribution in [3.05, 3.63) is 46.9 Å². The number of pyridine rings is 2. The highest BCUT2D eigenvalue weighted by Gasteiger charge is 2.49. The van der Waals surface area contributed by atoms with Gasteiger partial charge in [0.15, 0.2) is 6.04 Å². The molecule has 0 aromatic carbocycles. The van der Waals surface area contributed by atoms with Crippen LogP contribution in [0.15, 0.2) is 35.6 Å². The Bertz CT molecular complexity index is 984. The van der Waals surface area contributed by atoms with E-state index < -0.39 is 36.2 Å². The quantitative estimate of drug-likeness (QED) is 0.750. The Morgan fingerprint density at radius 3 is 2.70 bits per heavy atom. The molecule has 3 rings (SSSR count). The van der Waals surface area contributed by atoms with Crippen LogP contribution in [0.5, 0.6) is 5.88 Å². The summed E-state index contributed by atoms with van der Waals surface area (Å²) in [5.41, 5.74) is 4.41. The predicted octanol–water partition coefficient (Wildman–Crippen LogP) is 3.27. The highest BCUT2D eigenvalue weighted by atomic mass is 35.5. The van der Waals surface area contributed by atoms with Gasteiger partial charge in [-0.05, 0) is 25.1 Å². The van der Waals surface area contributed by atoms with Crippen molar-refractivity contribution in [2.45, 2.75) is 31.2 Å². The fourth-order valence-corrected chi connectivity index (χ4v) is 3.10. The van der Waals surface area contributed by atoms with Crippen molar-refractivity contribution in [1.29, 1.82) is 0 Å². The molecule has 1 aliphatic heterocycles. The molecule has 2 aromatic rings. The minimum Gasteiger partial charge on any atom is -0.481 e. The number of nitrogens with one attached hydrogen (secondary N) is 1. The number of rotatable bonds is 4. The molecule has 2 atom stereocenters. The van der Waals surface area contributed by atoms with Crippen LogP contribution in [0.3, 0.4) is 0 Å². The molecule has 0 radical (unpaired) electrons. The van der Waals surface area contributed by atoms with Crippen LogP contribution >= 0.6 is 11.6 Å². The van der Waals surface area contributed by atoms with E-state index in [1.54, 1.807) is 0 Å². The lowest BCUT2D eigenvalue weighted by molar-refractivity contribution is -0.164. The number of carbonyl (C=O) groups excluding carboxylic acids is 1. The first kappa shape index (κ1) is 21.6. The number of halogens is 4. The average molecular weight is 444 g/mol. The molecule has 160 valence electrons. The number of amides is 1. The molecule has 1 amide bonds. The molecule has 1 aliphatic rings. The highest BCUT2D eigenvalue weighted by molar-refractivity contribution is 6.30. The lowest BCUT2D eigenvalue weighted by Gasteiger charge is -2.37. The van der Waals surface area contributed by atoms with Gasteiger partial charge < -0.3 is 20.5 Å². The van der Waals surface area contributed by atoms with Crippen LogP contribution in [-0.4, -0.2) is 41.2 Å². The maximum absolute atomic E-state index is 13.3. The van der Waals surface area contributed by atoms with Crippen molar-refractivity contribution in [1.82, 2.24) is 9.97 Å². The number of hydrogen-bond acceptors (Lipinski definition) is 7. The Labute approximate surface area is 174 Å². The number of aliphatic imine (C=N–C) groups is 1. The van der Waals surface area contributed by atoms with Crippen LogP contribution < -0.4 is 15.8 Å². The number of nitrogens with two attached hydrogens (primary N) is 1. The topological polar surface area (TPSA) is 112 Å². The van der Waals surface area contributed by atoms with Crippen LogP contribution in [0, 0.1) is 0 Å². The number of alkyl halides is 3. The van der Waals surface area contributed by atoms with E-state index in [-0.39, 0.29) is 22.8 Å². The fourth-order valence-electron chi connectivity index (χ4n) is 2.99. The van der Waals surface area contributed by atoms with E-state index in [0.717, 1.165) is 0 Å². The van der Waals surface area contributed by atoms with E-state index >= 15 is 0 Å². The van der Waals surface area contributed by atoms with Crippen LogP contribution in [0.4, 0.5) is 18.9 Å². The van der Waals surface area contributed by atoms with Crippen LogP contribution in [-0.2, 0) is 10.3 Å². The van der Waals surface area contributed by atoms with Crippen molar-refractivity contribution in [2.24, 2.45) is 10.7 Å². The summed E-state index contributed by atoms with van der Waals surface area (Å²) < 4.78 is 50.5. The summed E-state index contributed by atoms with van der Waals surface area (Å²) in [5.74, 6) is -0.538. The summed E-state index contributed by atoms with van der Waals surface area (Å²) in [5, 5.41) is 2.94. The number of carbonyl (C=O) groups is 1. The molecule has 0 unspecified atom stereocenters. The Morgan fingerprint density at radius 1 is 1.37 bits per heavy atom. The Hall–Kier alpha value is -3.08. The van der Waals surface area contributed by atoms with Crippen molar-refractivity contribution in [3.63, 3.8) is 0 Å². The van der Waals surface area contributed by atoms with E-state index in [1.807, 2.05) is 0 Å². The van der Waals surface area contributed by atoms with Crippen LogP contribution in [0.2, 0.25) is 5.02 Å². The monoisotopic (exact) mass is 443 g/mol. The molecule has 3 heterocycles.